The Kier molecular flexibility index (Phi) is 4.49. The Morgan fingerprint density at radius 3 is 2.71 bits per heavy atom. The number of hydrogen-bond acceptors (Lipinski definition) is 3. The summed E-state index contributed by atoms with van der Waals surface area (Å²) in [6, 6.07) is 4.53. The van der Waals surface area contributed by atoms with E-state index >= 15 is 0 Å². The summed E-state index contributed by atoms with van der Waals surface area (Å²) in [6.07, 6.45) is 3.82. The molecule has 0 fully saturated rings. The van der Waals surface area contributed by atoms with Crippen LogP contribution in [0.3, 0.4) is 0 Å². The zero-order valence-corrected chi connectivity index (χ0v) is 8.56. The number of nitrogen functional groups attached to an aromatic ring is 1. The predicted molar refractivity (Wildman–Crippen MR) is 59.7 cm³/mol. The monoisotopic (exact) mass is 212 g/mol. The van der Waals surface area contributed by atoms with Crippen LogP contribution in [0.4, 0.5) is 10.1 Å². The first-order chi connectivity index (χ1) is 6.72. The number of hydrogen-bond donors (Lipinski definition) is 2. The molecule has 0 saturated heterocycles. The van der Waals surface area contributed by atoms with Crippen molar-refractivity contribution in [3.05, 3.63) is 36.2 Å². The van der Waals surface area contributed by atoms with Crippen molar-refractivity contribution in [3.8, 4) is 0 Å². The third-order valence-corrected chi connectivity index (χ3v) is 2.47. The molecule has 0 radical (unpaired) electrons. The molecule has 4 N–H and O–H groups in total. The van der Waals surface area contributed by atoms with E-state index in [4.69, 9.17) is 11.5 Å². The minimum Gasteiger partial charge on any atom is -0.399 e. The maximum absolute atomic E-state index is 12.9. The van der Waals surface area contributed by atoms with Gasteiger partial charge in [-0.05, 0) is 18.2 Å². The number of anilines is 1. The molecule has 0 unspecified atom stereocenters. The molecular formula is C10H13FN2S. The van der Waals surface area contributed by atoms with E-state index in [-0.39, 0.29) is 5.82 Å². The number of benzene rings is 1. The van der Waals surface area contributed by atoms with Gasteiger partial charge in [-0.15, -0.1) is 11.8 Å². The Morgan fingerprint density at radius 1 is 1.29 bits per heavy atom. The third-order valence-electron chi connectivity index (χ3n) is 1.54. The van der Waals surface area contributed by atoms with Crippen molar-refractivity contribution < 1.29 is 4.39 Å². The molecule has 0 aromatic heterocycles. The van der Waals surface area contributed by atoms with E-state index in [1.165, 1.54) is 23.9 Å². The topological polar surface area (TPSA) is 52.0 Å². The van der Waals surface area contributed by atoms with Crippen molar-refractivity contribution in [2.24, 2.45) is 5.73 Å². The van der Waals surface area contributed by atoms with Gasteiger partial charge in [0.15, 0.2) is 0 Å². The molecule has 0 heterocycles. The molecule has 0 bridgehead atoms. The van der Waals surface area contributed by atoms with Gasteiger partial charge in [0.25, 0.3) is 0 Å². The van der Waals surface area contributed by atoms with Crippen LogP contribution in [-0.2, 0) is 0 Å². The largest absolute Gasteiger partial charge is 0.399 e. The molecule has 76 valence electrons. The first-order valence-electron chi connectivity index (χ1n) is 4.26. The Bertz CT molecular complexity index is 306. The van der Waals surface area contributed by atoms with Crippen molar-refractivity contribution in [2.75, 3.05) is 18.0 Å². The van der Waals surface area contributed by atoms with Crippen LogP contribution in [0.25, 0.3) is 0 Å². The van der Waals surface area contributed by atoms with E-state index in [0.717, 1.165) is 10.6 Å². The second-order valence-electron chi connectivity index (χ2n) is 2.74. The zero-order valence-electron chi connectivity index (χ0n) is 7.74. The molecule has 4 heteroatoms. The second-order valence-corrected chi connectivity index (χ2v) is 3.83. The van der Waals surface area contributed by atoms with Gasteiger partial charge in [-0.2, -0.15) is 0 Å². The number of rotatable bonds is 4. The van der Waals surface area contributed by atoms with E-state index in [1.54, 1.807) is 6.07 Å². The van der Waals surface area contributed by atoms with E-state index in [0.29, 0.717) is 12.2 Å². The molecule has 0 aliphatic rings. The lowest BCUT2D eigenvalue weighted by Crippen LogP contribution is -1.92. The lowest BCUT2D eigenvalue weighted by Gasteiger charge is -2.00. The lowest BCUT2D eigenvalue weighted by molar-refractivity contribution is 0.625. The molecule has 1 rings (SSSR count). The van der Waals surface area contributed by atoms with E-state index in [9.17, 15) is 4.39 Å². The minimum atomic E-state index is -0.296. The summed E-state index contributed by atoms with van der Waals surface area (Å²) in [7, 11) is 0. The van der Waals surface area contributed by atoms with Crippen LogP contribution in [0.1, 0.15) is 0 Å². The van der Waals surface area contributed by atoms with Crippen LogP contribution in [-0.4, -0.2) is 12.3 Å². The van der Waals surface area contributed by atoms with Crippen molar-refractivity contribution >= 4 is 17.4 Å². The predicted octanol–water partition coefficient (Wildman–Crippen LogP) is 2.01. The quantitative estimate of drug-likeness (QED) is 0.456. The molecule has 0 saturated carbocycles. The number of thioether (sulfide) groups is 1. The minimum absolute atomic E-state index is 0.296. The highest BCUT2D eigenvalue weighted by atomic mass is 32.2. The Morgan fingerprint density at radius 2 is 2.07 bits per heavy atom. The highest BCUT2D eigenvalue weighted by molar-refractivity contribution is 7.99. The molecule has 1 aromatic carbocycles. The molecule has 0 atom stereocenters. The van der Waals surface area contributed by atoms with Gasteiger partial charge in [0.1, 0.15) is 5.82 Å². The van der Waals surface area contributed by atoms with E-state index in [2.05, 4.69) is 0 Å². The van der Waals surface area contributed by atoms with Crippen molar-refractivity contribution in [3.63, 3.8) is 0 Å². The molecule has 0 amide bonds. The number of halogens is 1. The number of nitrogens with two attached hydrogens (primary N) is 2. The van der Waals surface area contributed by atoms with Crippen molar-refractivity contribution in [2.45, 2.75) is 4.90 Å². The van der Waals surface area contributed by atoms with Gasteiger partial charge in [0.05, 0.1) is 0 Å². The van der Waals surface area contributed by atoms with E-state index in [1.807, 2.05) is 12.2 Å². The zero-order chi connectivity index (χ0) is 10.4. The highest BCUT2D eigenvalue weighted by Gasteiger charge is 1.97. The maximum Gasteiger partial charge on any atom is 0.126 e. The van der Waals surface area contributed by atoms with Gasteiger partial charge < -0.3 is 11.5 Å². The van der Waals surface area contributed by atoms with Crippen LogP contribution in [0, 0.1) is 5.82 Å². The van der Waals surface area contributed by atoms with Crippen LogP contribution >= 0.6 is 11.8 Å². The van der Waals surface area contributed by atoms with Crippen LogP contribution in [0.2, 0.25) is 0 Å². The molecule has 0 aliphatic carbocycles. The van der Waals surface area contributed by atoms with Gasteiger partial charge in [0, 0.05) is 22.9 Å². The van der Waals surface area contributed by atoms with Gasteiger partial charge in [-0.1, -0.05) is 12.2 Å². The van der Waals surface area contributed by atoms with Gasteiger partial charge >= 0.3 is 0 Å². The molecule has 0 spiro atoms. The summed E-state index contributed by atoms with van der Waals surface area (Å²) in [5.74, 6) is 0.482. The van der Waals surface area contributed by atoms with Crippen molar-refractivity contribution in [1.29, 1.82) is 0 Å². The summed E-state index contributed by atoms with van der Waals surface area (Å²) in [6.45, 7) is 0.534. The fourth-order valence-corrected chi connectivity index (χ4v) is 1.82. The molecular weight excluding hydrogens is 199 g/mol. The molecule has 0 aliphatic heterocycles. The Hall–Kier alpha value is -1.00. The molecule has 1 aromatic rings. The SMILES string of the molecule is NCC=CCSc1cc(N)cc(F)c1. The molecule has 2 nitrogen and oxygen atoms in total. The van der Waals surface area contributed by atoms with Crippen LogP contribution in [0.5, 0.6) is 0 Å². The van der Waals surface area contributed by atoms with Gasteiger partial charge in [-0.25, -0.2) is 4.39 Å². The smallest absolute Gasteiger partial charge is 0.126 e. The summed E-state index contributed by atoms with van der Waals surface area (Å²) in [5.41, 5.74) is 11.2. The van der Waals surface area contributed by atoms with Crippen molar-refractivity contribution in [1.82, 2.24) is 0 Å². The van der Waals surface area contributed by atoms with Gasteiger partial charge in [-0.3, -0.25) is 0 Å². The summed E-state index contributed by atoms with van der Waals surface area (Å²) in [4.78, 5) is 0.837. The second kappa shape index (κ2) is 5.67. The maximum atomic E-state index is 12.9. The fourth-order valence-electron chi connectivity index (χ4n) is 0.976. The van der Waals surface area contributed by atoms with Crippen LogP contribution in [0.15, 0.2) is 35.2 Å². The first-order valence-corrected chi connectivity index (χ1v) is 5.25. The van der Waals surface area contributed by atoms with Crippen LogP contribution < -0.4 is 11.5 Å². The lowest BCUT2D eigenvalue weighted by atomic mass is 10.3. The summed E-state index contributed by atoms with van der Waals surface area (Å²) >= 11 is 1.53. The third kappa shape index (κ3) is 3.81. The fraction of sp³-hybridized carbons (Fsp3) is 0.200. The molecule has 14 heavy (non-hydrogen) atoms. The Balaban J connectivity index is 2.54. The Labute approximate surface area is 87.2 Å². The van der Waals surface area contributed by atoms with Gasteiger partial charge in [0.2, 0.25) is 0 Å². The average molecular weight is 212 g/mol. The summed E-state index contributed by atoms with van der Waals surface area (Å²) < 4.78 is 12.9. The first kappa shape index (κ1) is 11.1. The standard InChI is InChI=1S/C10H13FN2S/c11-8-5-9(13)7-10(6-8)14-4-2-1-3-12/h1-2,5-7H,3-4,12-13H2. The van der Waals surface area contributed by atoms with E-state index < -0.39 is 0 Å². The normalized spacial score (nSPS) is 11.0. The highest BCUT2D eigenvalue weighted by Crippen LogP contribution is 2.21. The average Bonchev–Trinajstić information content (AvgIpc) is 2.11. The summed E-state index contributed by atoms with van der Waals surface area (Å²) in [5, 5.41) is 0.